The molecule has 0 bridgehead atoms. The minimum absolute atomic E-state index is 0.208. The van der Waals surface area contributed by atoms with Crippen LogP contribution >= 0.6 is 0 Å². The Kier molecular flexibility index (Phi) is 5.84. The zero-order valence-corrected chi connectivity index (χ0v) is 17.5. The normalized spacial score (nSPS) is 16.1. The molecular weight excluding hydrogens is 354 g/mol. The SMILES string of the molecule is Cc1ccc(C(O)(c2ccc(C)cc2)C2CCN(Cc3ccccc3)CC2)cc1. The van der Waals surface area contributed by atoms with E-state index in [4.69, 9.17) is 0 Å². The first-order valence-electron chi connectivity index (χ1n) is 10.7. The van der Waals surface area contributed by atoms with E-state index in [1.54, 1.807) is 0 Å². The molecule has 2 heteroatoms. The molecule has 0 atom stereocenters. The largest absolute Gasteiger partial charge is 0.380 e. The van der Waals surface area contributed by atoms with Crippen molar-refractivity contribution in [3.63, 3.8) is 0 Å². The molecule has 0 amide bonds. The van der Waals surface area contributed by atoms with Gasteiger partial charge < -0.3 is 5.11 Å². The van der Waals surface area contributed by atoms with Gasteiger partial charge in [0.2, 0.25) is 0 Å². The smallest absolute Gasteiger partial charge is 0.117 e. The summed E-state index contributed by atoms with van der Waals surface area (Å²) in [6.45, 7) is 7.20. The van der Waals surface area contributed by atoms with Crippen LogP contribution in [0, 0.1) is 19.8 Å². The highest BCUT2D eigenvalue weighted by atomic mass is 16.3. The van der Waals surface area contributed by atoms with E-state index in [0.717, 1.165) is 43.6 Å². The number of hydrogen-bond donors (Lipinski definition) is 1. The van der Waals surface area contributed by atoms with Crippen molar-refractivity contribution in [3.05, 3.63) is 107 Å². The molecule has 0 saturated carbocycles. The number of hydrogen-bond acceptors (Lipinski definition) is 2. The molecule has 1 fully saturated rings. The van der Waals surface area contributed by atoms with E-state index in [0.29, 0.717) is 0 Å². The van der Waals surface area contributed by atoms with E-state index in [1.807, 2.05) is 0 Å². The number of piperidine rings is 1. The summed E-state index contributed by atoms with van der Waals surface area (Å²) in [6.07, 6.45) is 1.98. The minimum Gasteiger partial charge on any atom is -0.380 e. The highest BCUT2D eigenvalue weighted by Crippen LogP contribution is 2.42. The fourth-order valence-electron chi connectivity index (χ4n) is 4.60. The van der Waals surface area contributed by atoms with Crippen LogP contribution in [0.15, 0.2) is 78.9 Å². The van der Waals surface area contributed by atoms with Crippen LogP contribution in [0.25, 0.3) is 0 Å². The Bertz CT molecular complexity index is 862. The second-order valence-corrected chi connectivity index (χ2v) is 8.53. The maximum absolute atomic E-state index is 12.1. The van der Waals surface area contributed by atoms with Crippen molar-refractivity contribution in [3.8, 4) is 0 Å². The van der Waals surface area contributed by atoms with Crippen molar-refractivity contribution < 1.29 is 5.11 Å². The number of rotatable bonds is 5. The van der Waals surface area contributed by atoms with Gasteiger partial charge in [-0.05, 0) is 62.4 Å². The molecule has 0 aliphatic carbocycles. The third-order valence-corrected chi connectivity index (χ3v) is 6.41. The van der Waals surface area contributed by atoms with Crippen molar-refractivity contribution in [1.29, 1.82) is 0 Å². The monoisotopic (exact) mass is 385 g/mol. The maximum Gasteiger partial charge on any atom is 0.117 e. The maximum atomic E-state index is 12.1. The molecule has 1 heterocycles. The Morgan fingerprint density at radius 2 is 1.24 bits per heavy atom. The summed E-state index contributed by atoms with van der Waals surface area (Å²) < 4.78 is 0. The first kappa shape index (κ1) is 19.9. The molecular formula is C27H31NO. The van der Waals surface area contributed by atoms with Gasteiger partial charge in [-0.25, -0.2) is 0 Å². The quantitative estimate of drug-likeness (QED) is 0.631. The van der Waals surface area contributed by atoms with Gasteiger partial charge in [0.05, 0.1) is 0 Å². The first-order chi connectivity index (χ1) is 14.1. The van der Waals surface area contributed by atoms with Gasteiger partial charge in [0, 0.05) is 6.54 Å². The molecule has 1 aliphatic rings. The van der Waals surface area contributed by atoms with Crippen molar-refractivity contribution in [1.82, 2.24) is 4.90 Å². The molecule has 1 N–H and O–H groups in total. The van der Waals surface area contributed by atoms with Crippen LogP contribution in [0.4, 0.5) is 0 Å². The van der Waals surface area contributed by atoms with E-state index in [-0.39, 0.29) is 5.92 Å². The Hall–Kier alpha value is -2.42. The van der Waals surface area contributed by atoms with Crippen LogP contribution in [0.3, 0.4) is 0 Å². The molecule has 0 spiro atoms. The fourth-order valence-corrected chi connectivity index (χ4v) is 4.60. The number of aryl methyl sites for hydroxylation is 2. The predicted molar refractivity (Wildman–Crippen MR) is 120 cm³/mol. The summed E-state index contributed by atoms with van der Waals surface area (Å²) in [5.74, 6) is 0.208. The lowest BCUT2D eigenvalue weighted by atomic mass is 9.72. The van der Waals surface area contributed by atoms with Crippen molar-refractivity contribution in [2.24, 2.45) is 5.92 Å². The molecule has 3 aromatic rings. The molecule has 1 aliphatic heterocycles. The fraction of sp³-hybridized carbons (Fsp3) is 0.333. The number of likely N-dealkylation sites (tertiary alicyclic amines) is 1. The lowest BCUT2D eigenvalue weighted by molar-refractivity contribution is -0.0152. The van der Waals surface area contributed by atoms with Crippen molar-refractivity contribution >= 4 is 0 Å². The molecule has 3 aromatic carbocycles. The van der Waals surface area contributed by atoms with E-state index in [2.05, 4.69) is 97.6 Å². The van der Waals surface area contributed by atoms with Crippen LogP contribution in [0.2, 0.25) is 0 Å². The first-order valence-corrected chi connectivity index (χ1v) is 10.7. The van der Waals surface area contributed by atoms with Crippen LogP contribution in [-0.2, 0) is 12.1 Å². The molecule has 0 aromatic heterocycles. The molecule has 1 saturated heterocycles. The summed E-state index contributed by atoms with van der Waals surface area (Å²) >= 11 is 0. The zero-order valence-electron chi connectivity index (χ0n) is 17.5. The third kappa shape index (κ3) is 4.29. The van der Waals surface area contributed by atoms with E-state index in [1.165, 1.54) is 16.7 Å². The van der Waals surface area contributed by atoms with E-state index >= 15 is 0 Å². The highest BCUT2D eigenvalue weighted by molar-refractivity contribution is 5.39. The zero-order chi connectivity index (χ0) is 20.3. The van der Waals surface area contributed by atoms with Crippen LogP contribution in [-0.4, -0.2) is 23.1 Å². The van der Waals surface area contributed by atoms with Gasteiger partial charge in [0.1, 0.15) is 5.60 Å². The van der Waals surface area contributed by atoms with Gasteiger partial charge in [-0.15, -0.1) is 0 Å². The van der Waals surface area contributed by atoms with E-state index in [9.17, 15) is 5.11 Å². The van der Waals surface area contributed by atoms with Gasteiger partial charge in [-0.2, -0.15) is 0 Å². The van der Waals surface area contributed by atoms with Crippen LogP contribution in [0.1, 0.15) is 40.7 Å². The molecule has 0 unspecified atom stereocenters. The summed E-state index contributed by atoms with van der Waals surface area (Å²) in [5, 5.41) is 12.1. The summed E-state index contributed by atoms with van der Waals surface area (Å²) in [7, 11) is 0. The Morgan fingerprint density at radius 3 is 1.72 bits per heavy atom. The minimum atomic E-state index is -0.944. The number of aliphatic hydroxyl groups is 1. The van der Waals surface area contributed by atoms with Crippen LogP contribution in [0.5, 0.6) is 0 Å². The molecule has 29 heavy (non-hydrogen) atoms. The molecule has 4 rings (SSSR count). The summed E-state index contributed by atoms with van der Waals surface area (Å²) in [4.78, 5) is 2.51. The lowest BCUT2D eigenvalue weighted by Gasteiger charge is -2.42. The van der Waals surface area contributed by atoms with Gasteiger partial charge in [0.15, 0.2) is 0 Å². The van der Waals surface area contributed by atoms with Gasteiger partial charge in [0.25, 0.3) is 0 Å². The van der Waals surface area contributed by atoms with Gasteiger partial charge in [-0.3, -0.25) is 4.90 Å². The molecule has 150 valence electrons. The predicted octanol–water partition coefficient (Wildman–Crippen LogP) is 5.45. The van der Waals surface area contributed by atoms with E-state index < -0.39 is 5.60 Å². The van der Waals surface area contributed by atoms with Gasteiger partial charge >= 0.3 is 0 Å². The number of nitrogens with zero attached hydrogens (tertiary/aromatic N) is 1. The second-order valence-electron chi connectivity index (χ2n) is 8.53. The van der Waals surface area contributed by atoms with Crippen molar-refractivity contribution in [2.45, 2.75) is 38.8 Å². The average Bonchev–Trinajstić information content (AvgIpc) is 2.75. The molecule has 2 nitrogen and oxygen atoms in total. The van der Waals surface area contributed by atoms with Crippen molar-refractivity contribution in [2.75, 3.05) is 13.1 Å². The summed E-state index contributed by atoms with van der Waals surface area (Å²) in [6, 6.07) is 27.5. The standard InChI is InChI=1S/C27H31NO/c1-21-8-12-24(13-9-21)27(29,25-14-10-22(2)11-15-25)26-16-18-28(19-17-26)20-23-6-4-3-5-7-23/h3-15,26,29H,16-20H2,1-2H3. The second kappa shape index (κ2) is 8.52. The summed E-state index contributed by atoms with van der Waals surface area (Å²) in [5.41, 5.74) is 4.87. The highest BCUT2D eigenvalue weighted by Gasteiger charge is 2.41. The van der Waals surface area contributed by atoms with Crippen LogP contribution < -0.4 is 0 Å². The topological polar surface area (TPSA) is 23.5 Å². The Morgan fingerprint density at radius 1 is 0.759 bits per heavy atom. The molecule has 0 radical (unpaired) electrons. The Balaban J connectivity index is 1.57. The third-order valence-electron chi connectivity index (χ3n) is 6.41. The van der Waals surface area contributed by atoms with Gasteiger partial charge in [-0.1, -0.05) is 90.0 Å². The lowest BCUT2D eigenvalue weighted by Crippen LogP contribution is -2.44. The Labute approximate surface area is 174 Å². The number of benzene rings is 3. The average molecular weight is 386 g/mol.